The Hall–Kier alpha value is -0.853. The molecule has 82 valence electrons. The van der Waals surface area contributed by atoms with Gasteiger partial charge >= 0.3 is 0 Å². The third-order valence-electron chi connectivity index (χ3n) is 1.42. The van der Waals surface area contributed by atoms with Gasteiger partial charge in [0.25, 0.3) is 5.69 Å². The van der Waals surface area contributed by atoms with Gasteiger partial charge in [-0.25, -0.2) is 0 Å². The number of hydrogen-bond acceptors (Lipinski definition) is 4. The second-order valence-corrected chi connectivity index (χ2v) is 9.56. The Bertz CT molecular complexity index is 365. The molecule has 0 bridgehead atoms. The van der Waals surface area contributed by atoms with E-state index >= 15 is 0 Å². The van der Waals surface area contributed by atoms with Crippen molar-refractivity contribution in [2.75, 3.05) is 0 Å². The van der Waals surface area contributed by atoms with Crippen LogP contribution in [0.15, 0.2) is 29.2 Å². The van der Waals surface area contributed by atoms with Gasteiger partial charge in [-0.1, -0.05) is 6.07 Å². The van der Waals surface area contributed by atoms with E-state index in [1.54, 1.807) is 12.1 Å². The summed E-state index contributed by atoms with van der Waals surface area (Å²) in [5.41, 5.74) is 0.0965. The molecule has 0 aliphatic carbocycles. The van der Waals surface area contributed by atoms with Crippen molar-refractivity contribution in [3.8, 4) is 0 Å². The molecule has 0 heterocycles. The lowest BCUT2D eigenvalue weighted by Gasteiger charge is -2.14. The van der Waals surface area contributed by atoms with Crippen molar-refractivity contribution in [3.63, 3.8) is 0 Å². The van der Waals surface area contributed by atoms with Crippen LogP contribution in [0.4, 0.5) is 5.69 Å². The summed E-state index contributed by atoms with van der Waals surface area (Å²) in [5.74, 6) is 0. The number of nitrogens with zero attached hydrogens (tertiary/aromatic N) is 1. The minimum absolute atomic E-state index is 0.0965. The van der Waals surface area contributed by atoms with Crippen molar-refractivity contribution in [2.24, 2.45) is 0 Å². The van der Waals surface area contributed by atoms with Crippen molar-refractivity contribution < 1.29 is 8.80 Å². The third-order valence-corrected chi connectivity index (χ3v) is 4.20. The van der Waals surface area contributed by atoms with Gasteiger partial charge in [0.1, 0.15) is 0 Å². The van der Waals surface area contributed by atoms with E-state index in [0.29, 0.717) is 0 Å². The Morgan fingerprint density at radius 1 is 1.40 bits per heavy atom. The highest BCUT2D eigenvalue weighted by molar-refractivity contribution is 7.95. The highest BCUT2D eigenvalue weighted by Crippen LogP contribution is 2.26. The lowest BCUT2D eigenvalue weighted by molar-refractivity contribution is -0.385. The van der Waals surface area contributed by atoms with E-state index in [2.05, 4.69) is 19.6 Å². The molecule has 0 aliphatic heterocycles. The van der Waals surface area contributed by atoms with Gasteiger partial charge in [0.15, 0.2) is 0 Å². The van der Waals surface area contributed by atoms with Gasteiger partial charge in [0.05, 0.1) is 4.92 Å². The number of hydrogen-bond donors (Lipinski definition) is 0. The third kappa shape index (κ3) is 4.46. The van der Waals surface area contributed by atoms with Crippen LogP contribution in [0.1, 0.15) is 0 Å². The van der Waals surface area contributed by atoms with Gasteiger partial charge in [-0.3, -0.25) is 10.1 Å². The van der Waals surface area contributed by atoms with Crippen molar-refractivity contribution in [1.82, 2.24) is 0 Å². The molecule has 4 nitrogen and oxygen atoms in total. The van der Waals surface area contributed by atoms with E-state index < -0.39 is 13.2 Å². The first kappa shape index (κ1) is 12.2. The topological polar surface area (TPSA) is 52.4 Å². The fourth-order valence-electron chi connectivity index (χ4n) is 0.822. The number of benzene rings is 1. The molecular weight excluding hydrogens is 230 g/mol. The van der Waals surface area contributed by atoms with Crippen LogP contribution in [0.3, 0.4) is 0 Å². The summed E-state index contributed by atoms with van der Waals surface area (Å²) in [6, 6.07) is 6.45. The predicted octanol–water partition coefficient (Wildman–Crippen LogP) is 3.45. The zero-order valence-corrected chi connectivity index (χ0v) is 10.7. The highest BCUT2D eigenvalue weighted by atomic mass is 32.2. The molecule has 0 unspecified atom stereocenters. The van der Waals surface area contributed by atoms with Gasteiger partial charge in [0, 0.05) is 29.1 Å². The van der Waals surface area contributed by atoms with E-state index in [1.165, 1.54) is 24.2 Å². The van der Waals surface area contributed by atoms with Crippen molar-refractivity contribution in [2.45, 2.75) is 24.5 Å². The van der Waals surface area contributed by atoms with Crippen LogP contribution in [-0.2, 0) is 3.87 Å². The fraction of sp³-hybridized carbons (Fsp3) is 0.333. The number of nitro benzene ring substituents is 1. The second kappa shape index (κ2) is 4.78. The number of non-ortho nitro benzene ring substituents is 1. The molecule has 6 heteroatoms. The summed E-state index contributed by atoms with van der Waals surface area (Å²) in [6.45, 7) is 6.20. The van der Waals surface area contributed by atoms with Crippen LogP contribution < -0.4 is 0 Å². The van der Waals surface area contributed by atoms with E-state index in [-0.39, 0.29) is 5.69 Å². The maximum Gasteiger partial charge on any atom is 0.270 e. The average molecular weight is 243 g/mol. The summed E-state index contributed by atoms with van der Waals surface area (Å²) >= 11 is 1.22. The van der Waals surface area contributed by atoms with Crippen LogP contribution >= 0.6 is 12.0 Å². The largest absolute Gasteiger partial charge is 0.354 e. The molecule has 0 N–H and O–H groups in total. The van der Waals surface area contributed by atoms with Gasteiger partial charge in [0.2, 0.25) is 8.32 Å². The lowest BCUT2D eigenvalue weighted by Crippen LogP contribution is -2.21. The maximum absolute atomic E-state index is 10.5. The molecule has 0 aromatic heterocycles. The molecule has 0 amide bonds. The van der Waals surface area contributed by atoms with Gasteiger partial charge < -0.3 is 3.87 Å². The number of rotatable bonds is 4. The van der Waals surface area contributed by atoms with Gasteiger partial charge in [-0.15, -0.1) is 0 Å². The Morgan fingerprint density at radius 3 is 2.60 bits per heavy atom. The first-order chi connectivity index (χ1) is 6.88. The monoisotopic (exact) mass is 243 g/mol. The second-order valence-electron chi connectivity index (χ2n) is 4.03. The minimum Gasteiger partial charge on any atom is -0.354 e. The quantitative estimate of drug-likeness (QED) is 0.352. The zero-order valence-electron chi connectivity index (χ0n) is 8.89. The normalized spacial score (nSPS) is 11.4. The number of nitro groups is 1. The predicted molar refractivity (Wildman–Crippen MR) is 63.4 cm³/mol. The highest BCUT2D eigenvalue weighted by Gasteiger charge is 2.16. The van der Waals surface area contributed by atoms with Crippen molar-refractivity contribution in [3.05, 3.63) is 34.4 Å². The van der Waals surface area contributed by atoms with Gasteiger partial charge in [-0.05, 0) is 25.7 Å². The molecule has 0 radical (unpaired) electrons. The standard InChI is InChI=1S/C9H13NO3SSi/c1-15(2,3)13-14-9-6-4-5-8(7-9)10(11)12/h4-7H,1-3H3. The zero-order chi connectivity index (χ0) is 11.5. The summed E-state index contributed by atoms with van der Waals surface area (Å²) < 4.78 is 5.58. The maximum atomic E-state index is 10.5. The summed E-state index contributed by atoms with van der Waals surface area (Å²) in [5, 5.41) is 10.5. The molecule has 1 rings (SSSR count). The van der Waals surface area contributed by atoms with Crippen LogP contribution in [0, 0.1) is 10.1 Å². The van der Waals surface area contributed by atoms with Crippen LogP contribution in [0.25, 0.3) is 0 Å². The molecule has 0 spiro atoms. The molecule has 0 fully saturated rings. The average Bonchev–Trinajstić information content (AvgIpc) is 2.14. The van der Waals surface area contributed by atoms with Gasteiger partial charge in [-0.2, -0.15) is 0 Å². The first-order valence-electron chi connectivity index (χ1n) is 4.49. The minimum atomic E-state index is -1.59. The van der Waals surface area contributed by atoms with Crippen LogP contribution in [0.5, 0.6) is 0 Å². The van der Waals surface area contributed by atoms with E-state index in [4.69, 9.17) is 3.87 Å². The molecule has 15 heavy (non-hydrogen) atoms. The Morgan fingerprint density at radius 2 is 2.07 bits per heavy atom. The first-order valence-corrected chi connectivity index (χ1v) is 8.63. The SMILES string of the molecule is C[Si](C)(C)OSc1cccc([N+](=O)[O-])c1. The molecule has 0 atom stereocenters. The Balaban J connectivity index is 2.70. The molecule has 0 aliphatic rings. The molecule has 1 aromatic rings. The summed E-state index contributed by atoms with van der Waals surface area (Å²) in [4.78, 5) is 10.9. The van der Waals surface area contributed by atoms with E-state index in [0.717, 1.165) is 4.90 Å². The molecular formula is C9H13NO3SSi. The van der Waals surface area contributed by atoms with E-state index in [1.807, 2.05) is 0 Å². The lowest BCUT2D eigenvalue weighted by atomic mass is 10.3. The fourth-order valence-corrected chi connectivity index (χ4v) is 2.51. The van der Waals surface area contributed by atoms with Crippen molar-refractivity contribution in [1.29, 1.82) is 0 Å². The molecule has 0 saturated carbocycles. The van der Waals surface area contributed by atoms with Crippen LogP contribution in [0.2, 0.25) is 19.6 Å². The summed E-state index contributed by atoms with van der Waals surface area (Å²) in [6.07, 6.45) is 0. The van der Waals surface area contributed by atoms with Crippen molar-refractivity contribution >= 4 is 26.0 Å². The summed E-state index contributed by atoms with van der Waals surface area (Å²) in [7, 11) is -1.59. The van der Waals surface area contributed by atoms with E-state index in [9.17, 15) is 10.1 Å². The molecule has 0 saturated heterocycles. The smallest absolute Gasteiger partial charge is 0.270 e. The molecule has 1 aromatic carbocycles. The van der Waals surface area contributed by atoms with Crippen LogP contribution in [-0.4, -0.2) is 13.2 Å². The Kier molecular flexibility index (Phi) is 3.89. The Labute approximate surface area is 94.1 Å².